The Morgan fingerprint density at radius 3 is 2.68 bits per heavy atom. The van der Waals surface area contributed by atoms with Gasteiger partial charge < -0.3 is 10.3 Å². The average Bonchev–Trinajstić information content (AvgIpc) is 3.09. The highest BCUT2D eigenvalue weighted by atomic mass is 16.2. The quantitative estimate of drug-likeness (QED) is 0.472. The zero-order chi connectivity index (χ0) is 21.2. The van der Waals surface area contributed by atoms with Crippen molar-refractivity contribution < 1.29 is 9.59 Å². The molecule has 0 fully saturated rings. The van der Waals surface area contributed by atoms with Crippen molar-refractivity contribution in [2.45, 2.75) is 6.42 Å². The van der Waals surface area contributed by atoms with Crippen LogP contribution in [0, 0.1) is 0 Å². The van der Waals surface area contributed by atoms with Crippen LogP contribution in [-0.4, -0.2) is 34.5 Å². The number of carbonyl (C=O) groups excluding carboxylic acids is 2. The van der Waals surface area contributed by atoms with E-state index in [0.717, 1.165) is 27.9 Å². The Balaban J connectivity index is 1.50. The fourth-order valence-electron chi connectivity index (χ4n) is 3.80. The van der Waals surface area contributed by atoms with E-state index in [1.165, 1.54) is 0 Å². The molecule has 152 valence electrons. The van der Waals surface area contributed by atoms with Gasteiger partial charge in [0.25, 0.3) is 11.8 Å². The zero-order valence-corrected chi connectivity index (χ0v) is 16.6. The van der Waals surface area contributed by atoms with E-state index in [1.54, 1.807) is 24.5 Å². The maximum atomic E-state index is 12.8. The molecular formula is C24H19N5O2. The Kier molecular flexibility index (Phi) is 4.76. The Bertz CT molecular complexity index is 1310. The van der Waals surface area contributed by atoms with Crippen LogP contribution in [0.1, 0.15) is 32.0 Å². The first kappa shape index (κ1) is 18.7. The first-order chi connectivity index (χ1) is 15.2. The number of H-pyrrole nitrogens is 1. The fraction of sp³-hybridized carbons (Fsp3) is 0.0833. The van der Waals surface area contributed by atoms with Gasteiger partial charge in [-0.25, -0.2) is 5.43 Å². The third-order valence-corrected chi connectivity index (χ3v) is 5.26. The largest absolute Gasteiger partial charge is 0.354 e. The Morgan fingerprint density at radius 2 is 1.87 bits per heavy atom. The van der Waals surface area contributed by atoms with Crippen molar-refractivity contribution in [1.82, 2.24) is 20.7 Å². The lowest BCUT2D eigenvalue weighted by molar-refractivity contribution is 0.0954. The van der Waals surface area contributed by atoms with Gasteiger partial charge in [-0.05, 0) is 29.8 Å². The summed E-state index contributed by atoms with van der Waals surface area (Å²) in [5.74, 6) is -0.591. The second-order valence-corrected chi connectivity index (χ2v) is 7.25. The van der Waals surface area contributed by atoms with E-state index >= 15 is 0 Å². The molecule has 0 bridgehead atoms. The smallest absolute Gasteiger partial charge is 0.272 e. The first-order valence-corrected chi connectivity index (χ1v) is 9.97. The average molecular weight is 409 g/mol. The summed E-state index contributed by atoms with van der Waals surface area (Å²) in [5, 5.41) is 7.72. The molecule has 5 rings (SSSR count). The minimum Gasteiger partial charge on any atom is -0.354 e. The molecule has 0 spiro atoms. The van der Waals surface area contributed by atoms with Gasteiger partial charge in [0.1, 0.15) is 0 Å². The number of pyridine rings is 1. The van der Waals surface area contributed by atoms with Crippen LogP contribution in [-0.2, 0) is 6.42 Å². The highest BCUT2D eigenvalue weighted by Gasteiger charge is 2.23. The van der Waals surface area contributed by atoms with Gasteiger partial charge in [0.15, 0.2) is 0 Å². The first-order valence-electron chi connectivity index (χ1n) is 9.97. The van der Waals surface area contributed by atoms with Crippen molar-refractivity contribution in [2.75, 3.05) is 6.54 Å². The van der Waals surface area contributed by atoms with Crippen LogP contribution in [0.25, 0.3) is 22.2 Å². The lowest BCUT2D eigenvalue weighted by Gasteiger charge is -2.08. The lowest BCUT2D eigenvalue weighted by atomic mass is 10.00. The van der Waals surface area contributed by atoms with Crippen LogP contribution < -0.4 is 10.7 Å². The normalized spacial score (nSPS) is 12.5. The molecule has 0 unspecified atom stereocenters. The molecule has 1 aliphatic rings. The van der Waals surface area contributed by atoms with Crippen molar-refractivity contribution in [2.24, 2.45) is 5.10 Å². The highest BCUT2D eigenvalue weighted by Crippen LogP contribution is 2.33. The molecule has 3 heterocycles. The molecule has 3 N–H and O–H groups in total. The number of aromatic nitrogens is 2. The summed E-state index contributed by atoms with van der Waals surface area (Å²) in [5.41, 5.74) is 7.61. The second kappa shape index (κ2) is 7.87. The Labute approximate surface area is 178 Å². The van der Waals surface area contributed by atoms with E-state index in [1.807, 2.05) is 48.5 Å². The fourth-order valence-corrected chi connectivity index (χ4v) is 3.80. The van der Waals surface area contributed by atoms with Gasteiger partial charge >= 0.3 is 0 Å². The summed E-state index contributed by atoms with van der Waals surface area (Å²) >= 11 is 0. The van der Waals surface area contributed by atoms with E-state index in [-0.39, 0.29) is 11.8 Å². The summed E-state index contributed by atoms with van der Waals surface area (Å²) in [4.78, 5) is 33.1. The molecule has 0 atom stereocenters. The summed E-state index contributed by atoms with van der Waals surface area (Å²) < 4.78 is 0. The molecule has 2 amide bonds. The Morgan fingerprint density at radius 1 is 1.03 bits per heavy atom. The summed E-state index contributed by atoms with van der Waals surface area (Å²) in [6.45, 7) is 0.448. The van der Waals surface area contributed by atoms with Crippen molar-refractivity contribution in [3.05, 3.63) is 89.2 Å². The number of rotatable bonds is 5. The molecular weight excluding hydrogens is 390 g/mol. The SMILES string of the molecule is O=C(NCCc1ccccn1)c1cc2c3c(c(-c4ccccc4)[nH]c3c1)C=NNC2=O. The van der Waals surface area contributed by atoms with E-state index in [0.29, 0.717) is 29.6 Å². The van der Waals surface area contributed by atoms with Crippen molar-refractivity contribution in [3.63, 3.8) is 0 Å². The number of nitrogens with one attached hydrogen (secondary N) is 3. The van der Waals surface area contributed by atoms with Gasteiger partial charge in [-0.1, -0.05) is 36.4 Å². The number of carbonyl (C=O) groups is 2. The molecule has 2 aromatic carbocycles. The monoisotopic (exact) mass is 409 g/mol. The van der Waals surface area contributed by atoms with Crippen LogP contribution in [0.15, 0.2) is 72.0 Å². The molecule has 7 heteroatoms. The topological polar surface area (TPSA) is 99.2 Å². The van der Waals surface area contributed by atoms with Crippen LogP contribution in [0.3, 0.4) is 0 Å². The Hall–Kier alpha value is -4.26. The number of nitrogens with zero attached hydrogens (tertiary/aromatic N) is 2. The van der Waals surface area contributed by atoms with E-state index < -0.39 is 0 Å². The van der Waals surface area contributed by atoms with Crippen LogP contribution in [0.5, 0.6) is 0 Å². The molecule has 2 aromatic heterocycles. The number of amides is 2. The van der Waals surface area contributed by atoms with Gasteiger partial charge in [0, 0.05) is 46.9 Å². The second-order valence-electron chi connectivity index (χ2n) is 7.25. The summed E-state index contributed by atoms with van der Waals surface area (Å²) in [7, 11) is 0. The van der Waals surface area contributed by atoms with Gasteiger partial charge in [-0.2, -0.15) is 5.10 Å². The summed E-state index contributed by atoms with van der Waals surface area (Å²) in [6, 6.07) is 18.9. The van der Waals surface area contributed by atoms with E-state index in [2.05, 4.69) is 25.8 Å². The molecule has 31 heavy (non-hydrogen) atoms. The molecule has 0 saturated heterocycles. The number of aromatic amines is 1. The van der Waals surface area contributed by atoms with Crippen LogP contribution in [0.2, 0.25) is 0 Å². The van der Waals surface area contributed by atoms with E-state index in [4.69, 9.17) is 0 Å². The maximum absolute atomic E-state index is 12.8. The number of hydrogen-bond donors (Lipinski definition) is 3. The molecule has 7 nitrogen and oxygen atoms in total. The molecule has 4 aromatic rings. The maximum Gasteiger partial charge on any atom is 0.272 e. The minimum atomic E-state index is -0.346. The summed E-state index contributed by atoms with van der Waals surface area (Å²) in [6.07, 6.45) is 4.00. The number of hydrogen-bond acceptors (Lipinski definition) is 4. The number of benzene rings is 2. The third kappa shape index (κ3) is 3.57. The standard InChI is InChI=1S/C24H19N5O2/c30-23(26-11-9-17-8-4-5-10-25-17)16-12-18-21-19(14-27-29-24(18)31)22(28-20(21)13-16)15-6-2-1-3-7-15/h1-8,10,12-14,28H,9,11H2,(H,26,30)(H,29,31). The van der Waals surface area contributed by atoms with Gasteiger partial charge in [-0.15, -0.1) is 0 Å². The highest BCUT2D eigenvalue weighted by molar-refractivity contribution is 6.18. The van der Waals surface area contributed by atoms with E-state index in [9.17, 15) is 9.59 Å². The van der Waals surface area contributed by atoms with Crippen LogP contribution >= 0.6 is 0 Å². The number of hydrazone groups is 1. The van der Waals surface area contributed by atoms with Crippen molar-refractivity contribution in [3.8, 4) is 11.3 Å². The minimum absolute atomic E-state index is 0.246. The van der Waals surface area contributed by atoms with Crippen LogP contribution in [0.4, 0.5) is 0 Å². The molecule has 0 aliphatic carbocycles. The van der Waals surface area contributed by atoms with Gasteiger partial charge in [-0.3, -0.25) is 14.6 Å². The van der Waals surface area contributed by atoms with Gasteiger partial charge in [0.05, 0.1) is 17.5 Å². The van der Waals surface area contributed by atoms with Gasteiger partial charge in [0.2, 0.25) is 0 Å². The molecule has 0 radical (unpaired) electrons. The predicted molar refractivity (Wildman–Crippen MR) is 119 cm³/mol. The third-order valence-electron chi connectivity index (χ3n) is 5.26. The van der Waals surface area contributed by atoms with Crippen molar-refractivity contribution >= 4 is 28.9 Å². The molecule has 0 saturated carbocycles. The van der Waals surface area contributed by atoms with Crippen molar-refractivity contribution in [1.29, 1.82) is 0 Å². The lowest BCUT2D eigenvalue weighted by Crippen LogP contribution is -2.26. The predicted octanol–water partition coefficient (Wildman–Crippen LogP) is 3.28. The zero-order valence-electron chi connectivity index (χ0n) is 16.6. The molecule has 1 aliphatic heterocycles.